The molecular weight excluding hydrogens is 276 g/mol. The molecule has 1 N–H and O–H groups in total. The summed E-state index contributed by atoms with van der Waals surface area (Å²) in [6.45, 7) is 5.66. The number of amides is 2. The van der Waals surface area contributed by atoms with Crippen molar-refractivity contribution >= 4 is 17.5 Å². The first-order chi connectivity index (χ1) is 10.6. The molecule has 1 saturated heterocycles. The second-order valence-electron chi connectivity index (χ2n) is 6.44. The fourth-order valence-electron chi connectivity index (χ4n) is 2.73. The molecule has 1 aromatic rings. The van der Waals surface area contributed by atoms with E-state index in [0.717, 1.165) is 24.9 Å². The van der Waals surface area contributed by atoms with Crippen LogP contribution in [0.5, 0.6) is 0 Å². The summed E-state index contributed by atoms with van der Waals surface area (Å²) >= 11 is 0. The fourth-order valence-corrected chi connectivity index (χ4v) is 2.73. The Balaban J connectivity index is 1.77. The number of nitrogens with zero attached hydrogens (tertiary/aromatic N) is 1. The van der Waals surface area contributed by atoms with E-state index >= 15 is 0 Å². The summed E-state index contributed by atoms with van der Waals surface area (Å²) in [5.74, 6) is 0.864. The summed E-state index contributed by atoms with van der Waals surface area (Å²) in [6, 6.07) is 9.53. The molecule has 1 heterocycles. The van der Waals surface area contributed by atoms with E-state index in [0.29, 0.717) is 25.4 Å². The molecule has 2 amide bonds. The number of carbonyl (C=O) groups excluding carboxylic acids is 2. The first-order valence-corrected chi connectivity index (χ1v) is 8.20. The van der Waals surface area contributed by atoms with Gasteiger partial charge in [0.15, 0.2) is 0 Å². The molecular formula is C18H26N2O2. The molecule has 1 fully saturated rings. The molecule has 0 unspecified atom stereocenters. The van der Waals surface area contributed by atoms with Crippen molar-refractivity contribution in [2.24, 2.45) is 11.8 Å². The second-order valence-corrected chi connectivity index (χ2v) is 6.44. The summed E-state index contributed by atoms with van der Waals surface area (Å²) in [6.07, 6.45) is 3.07. The average Bonchev–Trinajstić information content (AvgIpc) is 2.53. The van der Waals surface area contributed by atoms with Gasteiger partial charge in [-0.1, -0.05) is 32.0 Å². The highest BCUT2D eigenvalue weighted by molar-refractivity contribution is 5.92. The van der Waals surface area contributed by atoms with Crippen molar-refractivity contribution in [1.82, 2.24) is 4.90 Å². The molecule has 0 saturated carbocycles. The van der Waals surface area contributed by atoms with Gasteiger partial charge >= 0.3 is 0 Å². The standard InChI is InChI=1S/C18H26N2O2/c1-14(2)8-9-17(21)20-12-10-15(11-13-20)18(22)19-16-6-4-3-5-7-16/h3-7,14-15H,8-13H2,1-2H3,(H,19,22). The summed E-state index contributed by atoms with van der Waals surface area (Å²) in [4.78, 5) is 26.3. The molecule has 0 radical (unpaired) electrons. The van der Waals surface area contributed by atoms with Crippen LogP contribution in [0.4, 0.5) is 5.69 Å². The summed E-state index contributed by atoms with van der Waals surface area (Å²) in [7, 11) is 0. The molecule has 0 aromatic heterocycles. The van der Waals surface area contributed by atoms with Gasteiger partial charge in [0.05, 0.1) is 0 Å². The normalized spacial score (nSPS) is 15.9. The maximum atomic E-state index is 12.2. The maximum absolute atomic E-state index is 12.2. The second kappa shape index (κ2) is 7.97. The Kier molecular flexibility index (Phi) is 5.99. The van der Waals surface area contributed by atoms with E-state index in [1.807, 2.05) is 35.2 Å². The molecule has 1 aliphatic heterocycles. The predicted molar refractivity (Wildman–Crippen MR) is 88.4 cm³/mol. The Morgan fingerprint density at radius 1 is 1.18 bits per heavy atom. The largest absolute Gasteiger partial charge is 0.343 e. The van der Waals surface area contributed by atoms with E-state index in [9.17, 15) is 9.59 Å². The van der Waals surface area contributed by atoms with Crippen molar-refractivity contribution in [1.29, 1.82) is 0 Å². The number of likely N-dealkylation sites (tertiary alicyclic amines) is 1. The molecule has 2 rings (SSSR count). The van der Waals surface area contributed by atoms with Gasteiger partial charge in [-0.2, -0.15) is 0 Å². The lowest BCUT2D eigenvalue weighted by atomic mass is 9.95. The number of carbonyl (C=O) groups is 2. The van der Waals surface area contributed by atoms with Crippen molar-refractivity contribution in [3.8, 4) is 0 Å². The molecule has 4 heteroatoms. The number of para-hydroxylation sites is 1. The summed E-state index contributed by atoms with van der Waals surface area (Å²) in [5, 5.41) is 2.95. The minimum Gasteiger partial charge on any atom is -0.343 e. The van der Waals surface area contributed by atoms with Gasteiger partial charge in [0.2, 0.25) is 11.8 Å². The third-order valence-corrected chi connectivity index (χ3v) is 4.20. The third-order valence-electron chi connectivity index (χ3n) is 4.20. The smallest absolute Gasteiger partial charge is 0.227 e. The maximum Gasteiger partial charge on any atom is 0.227 e. The van der Waals surface area contributed by atoms with Crippen LogP contribution in [0.2, 0.25) is 0 Å². The Labute approximate surface area is 132 Å². The molecule has 120 valence electrons. The minimum absolute atomic E-state index is 0.00866. The SMILES string of the molecule is CC(C)CCC(=O)N1CCC(C(=O)Nc2ccccc2)CC1. The van der Waals surface area contributed by atoms with Gasteiger partial charge in [-0.15, -0.1) is 0 Å². The Morgan fingerprint density at radius 3 is 2.41 bits per heavy atom. The number of rotatable bonds is 5. The van der Waals surface area contributed by atoms with Crippen molar-refractivity contribution in [3.05, 3.63) is 30.3 Å². The molecule has 0 bridgehead atoms. The summed E-state index contributed by atoms with van der Waals surface area (Å²) < 4.78 is 0. The average molecular weight is 302 g/mol. The van der Waals surface area contributed by atoms with E-state index in [1.54, 1.807) is 0 Å². The van der Waals surface area contributed by atoms with Gasteiger partial charge in [0.1, 0.15) is 0 Å². The number of benzene rings is 1. The zero-order valence-electron chi connectivity index (χ0n) is 13.5. The van der Waals surface area contributed by atoms with Gasteiger partial charge in [-0.05, 0) is 37.3 Å². The van der Waals surface area contributed by atoms with Crippen LogP contribution in [0.25, 0.3) is 0 Å². The molecule has 22 heavy (non-hydrogen) atoms. The van der Waals surface area contributed by atoms with E-state index in [-0.39, 0.29) is 17.7 Å². The van der Waals surface area contributed by atoms with E-state index in [1.165, 1.54) is 0 Å². The van der Waals surface area contributed by atoms with Crippen LogP contribution in [-0.2, 0) is 9.59 Å². The van der Waals surface area contributed by atoms with Gasteiger partial charge < -0.3 is 10.2 Å². The molecule has 4 nitrogen and oxygen atoms in total. The van der Waals surface area contributed by atoms with Crippen LogP contribution in [0.3, 0.4) is 0 Å². The molecule has 1 aliphatic rings. The Bertz CT molecular complexity index is 491. The van der Waals surface area contributed by atoms with E-state index < -0.39 is 0 Å². The number of hydrogen-bond acceptors (Lipinski definition) is 2. The van der Waals surface area contributed by atoms with Crippen LogP contribution >= 0.6 is 0 Å². The Hall–Kier alpha value is -1.84. The van der Waals surface area contributed by atoms with Gasteiger partial charge in [-0.25, -0.2) is 0 Å². The highest BCUT2D eigenvalue weighted by Gasteiger charge is 2.27. The number of anilines is 1. The van der Waals surface area contributed by atoms with Crippen LogP contribution in [0.15, 0.2) is 30.3 Å². The fraction of sp³-hybridized carbons (Fsp3) is 0.556. The van der Waals surface area contributed by atoms with Crippen molar-refractivity contribution in [2.45, 2.75) is 39.5 Å². The number of nitrogens with one attached hydrogen (secondary N) is 1. The minimum atomic E-state index is 0.00866. The highest BCUT2D eigenvalue weighted by atomic mass is 16.2. The first kappa shape index (κ1) is 16.5. The lowest BCUT2D eigenvalue weighted by Gasteiger charge is -2.31. The predicted octanol–water partition coefficient (Wildman–Crippen LogP) is 3.30. The summed E-state index contributed by atoms with van der Waals surface area (Å²) in [5.41, 5.74) is 0.836. The van der Waals surface area contributed by atoms with Crippen molar-refractivity contribution in [2.75, 3.05) is 18.4 Å². The van der Waals surface area contributed by atoms with Crippen LogP contribution < -0.4 is 5.32 Å². The lowest BCUT2D eigenvalue weighted by Crippen LogP contribution is -2.41. The van der Waals surface area contributed by atoms with Crippen LogP contribution in [0, 0.1) is 11.8 Å². The molecule has 1 aromatic carbocycles. The van der Waals surface area contributed by atoms with Gasteiger partial charge in [0, 0.05) is 31.1 Å². The quantitative estimate of drug-likeness (QED) is 0.907. The number of piperidine rings is 1. The Morgan fingerprint density at radius 2 is 1.82 bits per heavy atom. The van der Waals surface area contributed by atoms with Crippen molar-refractivity contribution < 1.29 is 9.59 Å². The van der Waals surface area contributed by atoms with E-state index in [2.05, 4.69) is 19.2 Å². The zero-order valence-corrected chi connectivity index (χ0v) is 13.5. The highest BCUT2D eigenvalue weighted by Crippen LogP contribution is 2.20. The molecule has 0 aliphatic carbocycles. The van der Waals surface area contributed by atoms with Crippen LogP contribution in [-0.4, -0.2) is 29.8 Å². The lowest BCUT2D eigenvalue weighted by molar-refractivity contribution is -0.134. The third kappa shape index (κ3) is 4.86. The molecule has 0 atom stereocenters. The molecule has 0 spiro atoms. The number of hydrogen-bond donors (Lipinski definition) is 1. The van der Waals surface area contributed by atoms with E-state index in [4.69, 9.17) is 0 Å². The van der Waals surface area contributed by atoms with Gasteiger partial charge in [-0.3, -0.25) is 9.59 Å². The van der Waals surface area contributed by atoms with Crippen molar-refractivity contribution in [3.63, 3.8) is 0 Å². The zero-order chi connectivity index (χ0) is 15.9. The monoisotopic (exact) mass is 302 g/mol. The van der Waals surface area contributed by atoms with Gasteiger partial charge in [0.25, 0.3) is 0 Å². The first-order valence-electron chi connectivity index (χ1n) is 8.20. The van der Waals surface area contributed by atoms with Crippen LogP contribution in [0.1, 0.15) is 39.5 Å². The topological polar surface area (TPSA) is 49.4 Å².